The number of Topliss-reactive ketones (excluding diaryl/α,β-unsaturated/α-hetero) is 1. The van der Waals surface area contributed by atoms with Gasteiger partial charge < -0.3 is 19.5 Å². The molecule has 2 aromatic heterocycles. The molecule has 2 aliphatic rings. The molecule has 1 saturated heterocycles. The number of amides is 1. The van der Waals surface area contributed by atoms with E-state index in [-0.39, 0.29) is 17.6 Å². The minimum atomic E-state index is -0.105. The molecule has 3 aromatic rings. The van der Waals surface area contributed by atoms with Gasteiger partial charge in [-0.2, -0.15) is 4.98 Å². The van der Waals surface area contributed by atoms with Gasteiger partial charge in [-0.05, 0) is 36.6 Å². The van der Waals surface area contributed by atoms with Crippen molar-refractivity contribution in [3.05, 3.63) is 65.7 Å². The van der Waals surface area contributed by atoms with E-state index >= 15 is 0 Å². The first-order chi connectivity index (χ1) is 15.6. The van der Waals surface area contributed by atoms with Crippen molar-refractivity contribution < 1.29 is 14.0 Å². The Bertz CT molecular complexity index is 1120. The van der Waals surface area contributed by atoms with Gasteiger partial charge in [-0.15, -0.1) is 0 Å². The summed E-state index contributed by atoms with van der Waals surface area (Å²) in [4.78, 5) is 38.8. The summed E-state index contributed by atoms with van der Waals surface area (Å²) in [5.41, 5.74) is 2.27. The number of anilines is 3. The van der Waals surface area contributed by atoms with Gasteiger partial charge in [0.05, 0.1) is 17.5 Å². The van der Waals surface area contributed by atoms with Gasteiger partial charge in [-0.25, -0.2) is 4.98 Å². The maximum atomic E-state index is 12.8. The number of para-hydroxylation sites is 1. The molecule has 1 N–H and O–H groups in total. The fourth-order valence-corrected chi connectivity index (χ4v) is 4.31. The number of furan rings is 1. The van der Waals surface area contributed by atoms with Crippen molar-refractivity contribution in [3.63, 3.8) is 0 Å². The lowest BCUT2D eigenvalue weighted by atomic mass is 9.87. The number of hydrogen-bond donors (Lipinski definition) is 1. The van der Waals surface area contributed by atoms with Crippen LogP contribution in [0.2, 0.25) is 0 Å². The normalized spacial score (nSPS) is 18.4. The summed E-state index contributed by atoms with van der Waals surface area (Å²) in [6, 6.07) is 13.1. The second-order valence-corrected chi connectivity index (χ2v) is 8.38. The second-order valence-electron chi connectivity index (χ2n) is 8.38. The molecule has 164 valence electrons. The molecule has 0 saturated carbocycles. The minimum absolute atomic E-state index is 0.0811. The summed E-state index contributed by atoms with van der Waals surface area (Å²) >= 11 is 0. The lowest BCUT2D eigenvalue weighted by Gasteiger charge is -2.35. The number of benzene rings is 1. The predicted octanol–water partition coefficient (Wildman–Crippen LogP) is 3.54. The monoisotopic (exact) mass is 431 g/mol. The van der Waals surface area contributed by atoms with Crippen molar-refractivity contribution >= 4 is 29.1 Å². The zero-order valence-corrected chi connectivity index (χ0v) is 18.0. The van der Waals surface area contributed by atoms with Crippen LogP contribution in [0.5, 0.6) is 0 Å². The van der Waals surface area contributed by atoms with Gasteiger partial charge in [0, 0.05) is 38.3 Å². The number of carbonyl (C=O) groups is 2. The van der Waals surface area contributed by atoms with Crippen LogP contribution in [0.4, 0.5) is 17.5 Å². The standard InChI is InChI=1S/C24H25N5O3/c1-16-14-18-21(19(30)15-16)22(25-17-6-3-2-4-7-17)27-24(26-18)29-11-9-28(10-12-29)23(31)20-8-5-13-32-20/h2-8,13,16H,9-12,14-15H2,1H3,(H,25,26,27). The van der Waals surface area contributed by atoms with Crippen LogP contribution in [-0.4, -0.2) is 52.7 Å². The van der Waals surface area contributed by atoms with E-state index in [2.05, 4.69) is 17.1 Å². The number of nitrogens with zero attached hydrogens (tertiary/aromatic N) is 4. The first-order valence-electron chi connectivity index (χ1n) is 10.9. The molecule has 1 atom stereocenters. The van der Waals surface area contributed by atoms with Crippen LogP contribution >= 0.6 is 0 Å². The van der Waals surface area contributed by atoms with E-state index in [4.69, 9.17) is 14.4 Å². The Morgan fingerprint density at radius 1 is 1.03 bits per heavy atom. The quantitative estimate of drug-likeness (QED) is 0.675. The van der Waals surface area contributed by atoms with Crippen molar-refractivity contribution in [2.24, 2.45) is 5.92 Å². The van der Waals surface area contributed by atoms with E-state index in [1.165, 1.54) is 6.26 Å². The lowest BCUT2D eigenvalue weighted by molar-refractivity contribution is 0.0713. The zero-order valence-electron chi connectivity index (χ0n) is 18.0. The van der Waals surface area contributed by atoms with Gasteiger partial charge in [0.1, 0.15) is 5.82 Å². The molecule has 1 amide bonds. The van der Waals surface area contributed by atoms with Crippen LogP contribution in [0.15, 0.2) is 53.1 Å². The number of carbonyl (C=O) groups excluding carboxylic acids is 2. The van der Waals surface area contributed by atoms with E-state index in [1.807, 2.05) is 30.3 Å². The molecular weight excluding hydrogens is 406 g/mol. The molecule has 8 nitrogen and oxygen atoms in total. The molecular formula is C24H25N5O3. The van der Waals surface area contributed by atoms with Crippen LogP contribution < -0.4 is 10.2 Å². The Labute approximate surface area is 186 Å². The molecule has 0 spiro atoms. The fourth-order valence-electron chi connectivity index (χ4n) is 4.31. The first kappa shape index (κ1) is 20.2. The van der Waals surface area contributed by atoms with Crippen molar-refractivity contribution in [1.82, 2.24) is 14.9 Å². The number of ketones is 1. The molecule has 1 aromatic carbocycles. The third-order valence-corrected chi connectivity index (χ3v) is 5.94. The molecule has 1 aliphatic carbocycles. The SMILES string of the molecule is CC1CC(=O)c2c(nc(N3CCN(C(=O)c4ccco4)CC3)nc2Nc2ccccc2)C1. The van der Waals surface area contributed by atoms with Gasteiger partial charge in [-0.3, -0.25) is 9.59 Å². The summed E-state index contributed by atoms with van der Waals surface area (Å²) < 4.78 is 5.24. The highest BCUT2D eigenvalue weighted by atomic mass is 16.3. The summed E-state index contributed by atoms with van der Waals surface area (Å²) in [6.07, 6.45) is 2.76. The highest BCUT2D eigenvalue weighted by Gasteiger charge is 2.31. The van der Waals surface area contributed by atoms with E-state index < -0.39 is 0 Å². The van der Waals surface area contributed by atoms with E-state index in [0.29, 0.717) is 55.7 Å². The molecule has 32 heavy (non-hydrogen) atoms. The summed E-state index contributed by atoms with van der Waals surface area (Å²) in [5, 5.41) is 3.33. The van der Waals surface area contributed by atoms with Crippen LogP contribution in [0.25, 0.3) is 0 Å². The van der Waals surface area contributed by atoms with E-state index in [9.17, 15) is 9.59 Å². The largest absolute Gasteiger partial charge is 0.459 e. The number of nitrogens with one attached hydrogen (secondary N) is 1. The first-order valence-corrected chi connectivity index (χ1v) is 10.9. The van der Waals surface area contributed by atoms with Crippen LogP contribution in [-0.2, 0) is 6.42 Å². The maximum absolute atomic E-state index is 12.8. The maximum Gasteiger partial charge on any atom is 0.289 e. The van der Waals surface area contributed by atoms with Crippen LogP contribution in [0.1, 0.15) is 40.0 Å². The minimum Gasteiger partial charge on any atom is -0.459 e. The Kier molecular flexibility index (Phi) is 5.34. The molecule has 8 heteroatoms. The molecule has 0 radical (unpaired) electrons. The molecule has 1 unspecified atom stereocenters. The van der Waals surface area contributed by atoms with Crippen molar-refractivity contribution in [1.29, 1.82) is 0 Å². The zero-order chi connectivity index (χ0) is 22.1. The summed E-state index contributed by atoms with van der Waals surface area (Å²) in [6.45, 7) is 4.40. The number of piperazine rings is 1. The van der Waals surface area contributed by atoms with Crippen LogP contribution in [0, 0.1) is 5.92 Å². The smallest absolute Gasteiger partial charge is 0.289 e. The van der Waals surface area contributed by atoms with Gasteiger partial charge in [0.15, 0.2) is 11.5 Å². The lowest BCUT2D eigenvalue weighted by Crippen LogP contribution is -2.49. The van der Waals surface area contributed by atoms with Gasteiger partial charge >= 0.3 is 0 Å². The topological polar surface area (TPSA) is 91.6 Å². The van der Waals surface area contributed by atoms with Gasteiger partial charge in [0.25, 0.3) is 5.91 Å². The van der Waals surface area contributed by atoms with Gasteiger partial charge in [-0.1, -0.05) is 25.1 Å². The molecule has 5 rings (SSSR count). The summed E-state index contributed by atoms with van der Waals surface area (Å²) in [7, 11) is 0. The van der Waals surface area contributed by atoms with Crippen molar-refractivity contribution in [2.45, 2.75) is 19.8 Å². The van der Waals surface area contributed by atoms with E-state index in [0.717, 1.165) is 17.8 Å². The number of hydrogen-bond acceptors (Lipinski definition) is 7. The Hall–Kier alpha value is -3.68. The number of fused-ring (bicyclic) bond motifs is 1. The third kappa shape index (κ3) is 3.95. The third-order valence-electron chi connectivity index (χ3n) is 5.94. The Balaban J connectivity index is 1.41. The molecule has 1 aliphatic heterocycles. The fraction of sp³-hybridized carbons (Fsp3) is 0.333. The van der Waals surface area contributed by atoms with E-state index in [1.54, 1.807) is 17.0 Å². The Morgan fingerprint density at radius 3 is 2.53 bits per heavy atom. The highest BCUT2D eigenvalue weighted by molar-refractivity contribution is 6.03. The van der Waals surface area contributed by atoms with Crippen molar-refractivity contribution in [2.75, 3.05) is 36.4 Å². The average molecular weight is 431 g/mol. The highest BCUT2D eigenvalue weighted by Crippen LogP contribution is 2.32. The predicted molar refractivity (Wildman–Crippen MR) is 120 cm³/mol. The van der Waals surface area contributed by atoms with Crippen LogP contribution in [0.3, 0.4) is 0 Å². The van der Waals surface area contributed by atoms with Crippen molar-refractivity contribution in [3.8, 4) is 0 Å². The Morgan fingerprint density at radius 2 is 1.81 bits per heavy atom. The number of rotatable bonds is 4. The van der Waals surface area contributed by atoms with Gasteiger partial charge in [0.2, 0.25) is 5.95 Å². The number of aromatic nitrogens is 2. The molecule has 3 heterocycles. The summed E-state index contributed by atoms with van der Waals surface area (Å²) in [5.74, 6) is 1.73. The molecule has 1 fully saturated rings. The second kappa shape index (κ2) is 8.45. The molecule has 0 bridgehead atoms. The average Bonchev–Trinajstić information content (AvgIpc) is 3.34.